The van der Waals surface area contributed by atoms with Crippen LogP contribution >= 0.6 is 0 Å². The maximum Gasteiger partial charge on any atom is 0.291 e. The Kier molecular flexibility index (Phi) is 22.5. The predicted molar refractivity (Wildman–Crippen MR) is 298 cm³/mol. The number of allylic oxidation sites excluding steroid dienone is 1. The molecule has 0 spiro atoms. The molecule has 78 heavy (non-hydrogen) atoms. The molecule has 0 unspecified atom stereocenters. The van der Waals surface area contributed by atoms with Gasteiger partial charge < -0.3 is 32.2 Å². The van der Waals surface area contributed by atoms with Crippen LogP contribution in [0.2, 0.25) is 0 Å². The number of hydrogen-bond donors (Lipinski definition) is 6. The highest BCUT2D eigenvalue weighted by Gasteiger charge is 2.13. The predicted octanol–water partition coefficient (Wildman–Crippen LogP) is 9.97. The Bertz CT molecular complexity index is 3420. The molecule has 402 valence electrons. The minimum absolute atomic E-state index is 0.00796. The van der Waals surface area contributed by atoms with Gasteiger partial charge in [-0.3, -0.25) is 45.4 Å². The van der Waals surface area contributed by atoms with Crippen LogP contribution in [0.25, 0.3) is 22.5 Å². The Balaban J connectivity index is 0.000000225. The summed E-state index contributed by atoms with van der Waals surface area (Å²) in [5.41, 5.74) is 24.2. The average Bonchev–Trinajstić information content (AvgIpc) is 3.39. The van der Waals surface area contributed by atoms with Crippen molar-refractivity contribution in [1.82, 2.24) is 39.8 Å². The molecule has 24 heteroatoms. The number of hydrogen-bond acceptors (Lipinski definition) is 19. The molecule has 8 rings (SSSR count). The van der Waals surface area contributed by atoms with Gasteiger partial charge in [0.25, 0.3) is 16.5 Å². The van der Waals surface area contributed by atoms with Gasteiger partial charge in [-0.2, -0.15) is 0 Å². The number of carbonyl (C=O) groups excluding carboxylic acids is 1. The summed E-state index contributed by atoms with van der Waals surface area (Å²) in [5.74, 6) is 0.909. The number of nitro groups is 2. The van der Waals surface area contributed by atoms with Crippen molar-refractivity contribution in [2.24, 2.45) is 5.73 Å². The van der Waals surface area contributed by atoms with Gasteiger partial charge in [-0.05, 0) is 123 Å². The average molecular weight is 1060 g/mol. The van der Waals surface area contributed by atoms with E-state index in [1.165, 1.54) is 24.3 Å². The van der Waals surface area contributed by atoms with Gasteiger partial charge in [0.15, 0.2) is 5.78 Å². The van der Waals surface area contributed by atoms with Crippen LogP contribution in [0.5, 0.6) is 0 Å². The summed E-state index contributed by atoms with van der Waals surface area (Å²) in [6, 6.07) is 24.3. The Morgan fingerprint density at radius 3 is 1.54 bits per heavy atom. The molecule has 0 saturated carbocycles. The lowest BCUT2D eigenvalue weighted by molar-refractivity contribution is -0.742. The number of nitrogens with zero attached hydrogens (tertiary/aromatic N) is 11. The Labute approximate surface area is 449 Å². The first kappa shape index (κ1) is 59.9. The number of nitrogens with one attached hydrogen (secondary N) is 3. The van der Waals surface area contributed by atoms with Crippen LogP contribution < -0.4 is 22.1 Å². The molecule has 0 saturated heterocycles. The number of pyridine rings is 3. The van der Waals surface area contributed by atoms with E-state index in [-0.39, 0.29) is 29.4 Å². The number of rotatable bonds is 13. The summed E-state index contributed by atoms with van der Waals surface area (Å²) in [6.45, 7) is 11.6. The van der Waals surface area contributed by atoms with Gasteiger partial charge in [0.1, 0.15) is 0 Å². The first-order chi connectivity index (χ1) is 37.0. The molecule has 24 nitrogen and oxygen atoms in total. The topological polar surface area (TPSA) is 360 Å². The minimum atomic E-state index is -1.50. The number of non-ortho nitro benzene ring substituents is 2. The van der Waals surface area contributed by atoms with Crippen molar-refractivity contribution in [3.8, 4) is 22.5 Å². The largest absolute Gasteiger partial charge is 0.399 e. The smallest absolute Gasteiger partial charge is 0.291 e. The summed E-state index contributed by atoms with van der Waals surface area (Å²) in [6.07, 6.45) is 17.3. The van der Waals surface area contributed by atoms with Crippen molar-refractivity contribution in [1.29, 1.82) is 5.41 Å². The molecular formula is C54H58N16O8. The fourth-order valence-electron chi connectivity index (χ4n) is 6.67. The monoisotopic (exact) mass is 1060 g/mol. The summed E-state index contributed by atoms with van der Waals surface area (Å²) < 4.78 is 0. The third-order valence-electron chi connectivity index (χ3n) is 10.9. The lowest BCUT2D eigenvalue weighted by Gasteiger charge is -2.10. The fraction of sp³-hybridized carbons (Fsp3) is 0.167. The van der Waals surface area contributed by atoms with E-state index in [9.17, 15) is 25.0 Å². The number of amidine groups is 1. The molecule has 8 N–H and O–H groups in total. The first-order valence-electron chi connectivity index (χ1n) is 23.4. The van der Waals surface area contributed by atoms with E-state index in [0.717, 1.165) is 67.1 Å². The van der Waals surface area contributed by atoms with Gasteiger partial charge in [-0.25, -0.2) is 19.9 Å². The zero-order valence-electron chi connectivity index (χ0n) is 43.9. The van der Waals surface area contributed by atoms with E-state index in [0.29, 0.717) is 28.8 Å². The van der Waals surface area contributed by atoms with E-state index < -0.39 is 14.9 Å². The molecular weight excluding hydrogens is 1000 g/mol. The number of nitrogens with two attached hydrogens (primary N) is 2. The highest BCUT2D eigenvalue weighted by Crippen LogP contribution is 2.27. The zero-order chi connectivity index (χ0) is 57.5. The fourth-order valence-corrected chi connectivity index (χ4v) is 6.67. The standard InChI is InChI=1S/C17H15N5O2.C17H17N5.C11H14N2O.C9H11N3O2.HNO3/c1-11-5-7-18-10-14(11)15-6-8-19-17(20-15)21-16-9-13(22(23)24)4-3-12(16)2;1-11-5-7-19-10-14(11)15-6-8-20-17(21-15)22-16-9-13(18)4-3-12(16)2;1-9-4-6-12-8-10(9)11(14)5-7-13(2)3;1-6-2-3-8(12(13)14)4-7(6)5-9(10)11;2-1(3)4/h3-10H,1-2H3,(H,19,20,21);3-10H,18H2,1-2H3,(H,20,21,22);4-8H,1-3H3;2-4H,5H2,1H3,(H3,10,11);(H,2,3,4)/b;;7-5+;;. The van der Waals surface area contributed by atoms with Gasteiger partial charge in [0.2, 0.25) is 11.9 Å². The highest BCUT2D eigenvalue weighted by atomic mass is 16.9. The molecule has 3 aromatic carbocycles. The lowest BCUT2D eigenvalue weighted by Crippen LogP contribution is -2.13. The van der Waals surface area contributed by atoms with Crippen molar-refractivity contribution >= 4 is 52.0 Å². The second kappa shape index (κ2) is 29.3. The van der Waals surface area contributed by atoms with Crippen LogP contribution in [0.3, 0.4) is 0 Å². The van der Waals surface area contributed by atoms with Crippen LogP contribution in [0.4, 0.5) is 40.3 Å². The molecule has 8 aromatic rings. The van der Waals surface area contributed by atoms with E-state index >= 15 is 0 Å². The SMILES string of the molecule is Cc1ccc(N)cc1Nc1nccc(-c2cnccc2C)n1.Cc1ccc([N+](=O)[O-])cc1CC(=N)N.Cc1ccc([N+](=O)[O-])cc1Nc1nccc(-c2cnccc2C)n1.Cc1ccncc1C(=O)/C=C/N(C)C.O=[N+]([O-])O. The number of anilines is 5. The number of nitrogen functional groups attached to an aromatic ring is 1. The summed E-state index contributed by atoms with van der Waals surface area (Å²) in [5, 5.41) is 48.4. The molecule has 0 atom stereocenters. The molecule has 0 aliphatic carbocycles. The number of ketones is 1. The second-order valence-corrected chi connectivity index (χ2v) is 17.1. The van der Waals surface area contributed by atoms with Crippen molar-refractivity contribution in [3.05, 3.63) is 222 Å². The van der Waals surface area contributed by atoms with Crippen molar-refractivity contribution in [2.75, 3.05) is 30.5 Å². The molecule has 5 aromatic heterocycles. The van der Waals surface area contributed by atoms with Crippen LogP contribution in [0.1, 0.15) is 49.3 Å². The normalized spacial score (nSPS) is 10.1. The molecule has 5 heterocycles. The Hall–Kier alpha value is -10.7. The van der Waals surface area contributed by atoms with E-state index in [4.69, 9.17) is 32.2 Å². The number of carbonyl (C=O) groups is 1. The molecule has 0 amide bonds. The van der Waals surface area contributed by atoms with Gasteiger partial charge in [-0.15, -0.1) is 10.1 Å². The quantitative estimate of drug-likeness (QED) is 0.0119. The first-order valence-corrected chi connectivity index (χ1v) is 23.4. The number of aryl methyl sites for hydroxylation is 6. The molecule has 0 aliphatic heterocycles. The lowest BCUT2D eigenvalue weighted by atomic mass is 10.0. The summed E-state index contributed by atoms with van der Waals surface area (Å²) >= 11 is 0. The van der Waals surface area contributed by atoms with Crippen LogP contribution in [-0.2, 0) is 6.42 Å². The zero-order valence-corrected chi connectivity index (χ0v) is 43.9. The van der Waals surface area contributed by atoms with Gasteiger partial charge in [0.05, 0.1) is 32.8 Å². The molecule has 0 bridgehead atoms. The minimum Gasteiger partial charge on any atom is -0.399 e. The third-order valence-corrected chi connectivity index (χ3v) is 10.9. The van der Waals surface area contributed by atoms with Crippen molar-refractivity contribution in [2.45, 2.75) is 48.0 Å². The van der Waals surface area contributed by atoms with Crippen LogP contribution in [0.15, 0.2) is 147 Å². The molecule has 0 aliphatic rings. The summed E-state index contributed by atoms with van der Waals surface area (Å²) in [4.78, 5) is 72.1. The van der Waals surface area contributed by atoms with Crippen molar-refractivity contribution < 1.29 is 24.9 Å². The third kappa shape index (κ3) is 19.3. The molecule has 0 fully saturated rings. The van der Waals surface area contributed by atoms with Crippen molar-refractivity contribution in [3.63, 3.8) is 0 Å². The number of aromatic nitrogens is 7. The highest BCUT2D eigenvalue weighted by molar-refractivity contribution is 6.05. The Morgan fingerprint density at radius 2 is 1.08 bits per heavy atom. The van der Waals surface area contributed by atoms with E-state index in [1.807, 2.05) is 109 Å². The summed E-state index contributed by atoms with van der Waals surface area (Å²) in [7, 11) is 3.75. The van der Waals surface area contributed by atoms with Crippen LogP contribution in [0, 0.1) is 77.3 Å². The maximum atomic E-state index is 11.6. The second-order valence-electron chi connectivity index (χ2n) is 17.1. The van der Waals surface area contributed by atoms with E-state index in [1.54, 1.807) is 73.9 Å². The molecule has 0 radical (unpaired) electrons. The number of benzene rings is 3. The van der Waals surface area contributed by atoms with Gasteiger partial charge >= 0.3 is 0 Å². The Morgan fingerprint density at radius 1 is 0.628 bits per heavy atom. The maximum absolute atomic E-state index is 11.6. The number of nitro benzene ring substituents is 2. The van der Waals surface area contributed by atoms with Crippen LogP contribution in [-0.4, -0.2) is 85.6 Å². The van der Waals surface area contributed by atoms with E-state index in [2.05, 4.69) is 45.5 Å². The van der Waals surface area contributed by atoms with Gasteiger partial charge in [0, 0.05) is 135 Å². The van der Waals surface area contributed by atoms with Gasteiger partial charge in [-0.1, -0.05) is 18.2 Å².